The first kappa shape index (κ1) is 17.0. The number of carbonyl (C=O) groups is 2. The van der Waals surface area contributed by atoms with Crippen molar-refractivity contribution in [3.63, 3.8) is 0 Å². The van der Waals surface area contributed by atoms with Crippen molar-refractivity contribution in [1.82, 2.24) is 5.32 Å². The summed E-state index contributed by atoms with van der Waals surface area (Å²) < 4.78 is 4.84. The number of hydrogen-bond acceptors (Lipinski definition) is 3. The highest BCUT2D eigenvalue weighted by molar-refractivity contribution is 5.89. The van der Waals surface area contributed by atoms with Crippen LogP contribution in [0.25, 0.3) is 0 Å². The van der Waals surface area contributed by atoms with E-state index in [0.29, 0.717) is 12.5 Å². The largest absolute Gasteiger partial charge is 0.466 e. The molecule has 21 heavy (non-hydrogen) atoms. The fourth-order valence-corrected chi connectivity index (χ4v) is 1.86. The number of anilines is 1. The van der Waals surface area contributed by atoms with Crippen LogP contribution in [0.1, 0.15) is 45.6 Å². The number of nitrogens with one attached hydrogen (secondary N) is 2. The summed E-state index contributed by atoms with van der Waals surface area (Å²) in [7, 11) is 0. The zero-order valence-corrected chi connectivity index (χ0v) is 13.1. The molecule has 1 unspecified atom stereocenters. The highest BCUT2D eigenvalue weighted by atomic mass is 16.5. The average molecular weight is 292 g/mol. The molecule has 2 amide bonds. The molecule has 0 saturated carbocycles. The Morgan fingerprint density at radius 3 is 2.29 bits per heavy atom. The molecule has 116 valence electrons. The summed E-state index contributed by atoms with van der Waals surface area (Å²) in [5.74, 6) is 0.143. The highest BCUT2D eigenvalue weighted by Gasteiger charge is 2.12. The van der Waals surface area contributed by atoms with Gasteiger partial charge in [0.15, 0.2) is 0 Å². The van der Waals surface area contributed by atoms with E-state index in [1.54, 1.807) is 13.8 Å². The lowest BCUT2D eigenvalue weighted by molar-refractivity contribution is -0.143. The van der Waals surface area contributed by atoms with Crippen molar-refractivity contribution in [3.8, 4) is 0 Å². The summed E-state index contributed by atoms with van der Waals surface area (Å²) in [6, 6.07) is 7.10. The Balaban J connectivity index is 2.44. The van der Waals surface area contributed by atoms with Gasteiger partial charge in [-0.2, -0.15) is 0 Å². The Morgan fingerprint density at radius 2 is 1.76 bits per heavy atom. The van der Waals surface area contributed by atoms with Crippen molar-refractivity contribution < 1.29 is 14.3 Å². The molecule has 0 saturated heterocycles. The van der Waals surface area contributed by atoms with E-state index >= 15 is 0 Å². The summed E-state index contributed by atoms with van der Waals surface area (Å²) >= 11 is 0. The first-order chi connectivity index (χ1) is 9.92. The first-order valence-electron chi connectivity index (χ1n) is 7.25. The quantitative estimate of drug-likeness (QED) is 0.791. The molecule has 5 nitrogen and oxygen atoms in total. The first-order valence-corrected chi connectivity index (χ1v) is 7.25. The topological polar surface area (TPSA) is 67.4 Å². The molecule has 0 bridgehead atoms. The number of ether oxygens (including phenoxy) is 1. The van der Waals surface area contributed by atoms with Crippen LogP contribution >= 0.6 is 0 Å². The molecule has 0 spiro atoms. The van der Waals surface area contributed by atoms with Gasteiger partial charge in [0.1, 0.15) is 0 Å². The monoisotopic (exact) mass is 292 g/mol. The van der Waals surface area contributed by atoms with E-state index in [9.17, 15) is 9.59 Å². The molecule has 1 aromatic carbocycles. The van der Waals surface area contributed by atoms with Crippen LogP contribution in [0.5, 0.6) is 0 Å². The molecular formula is C16H24N2O3. The minimum Gasteiger partial charge on any atom is -0.466 e. The van der Waals surface area contributed by atoms with E-state index in [4.69, 9.17) is 4.74 Å². The minimum absolute atomic E-state index is 0.160. The average Bonchev–Trinajstić information content (AvgIpc) is 2.38. The van der Waals surface area contributed by atoms with Crippen LogP contribution in [-0.4, -0.2) is 24.6 Å². The highest BCUT2D eigenvalue weighted by Crippen LogP contribution is 2.17. The van der Waals surface area contributed by atoms with Crippen LogP contribution in [0.15, 0.2) is 24.3 Å². The zero-order valence-electron chi connectivity index (χ0n) is 13.1. The number of hydrogen-bond donors (Lipinski definition) is 2. The summed E-state index contributed by atoms with van der Waals surface area (Å²) in [5, 5.41) is 5.45. The van der Waals surface area contributed by atoms with E-state index in [2.05, 4.69) is 24.5 Å². The van der Waals surface area contributed by atoms with Crippen molar-refractivity contribution >= 4 is 17.7 Å². The molecule has 0 aliphatic carbocycles. The molecule has 5 heteroatoms. The minimum atomic E-state index is -0.330. The van der Waals surface area contributed by atoms with Crippen LogP contribution in [0.2, 0.25) is 0 Å². The van der Waals surface area contributed by atoms with Gasteiger partial charge in [0.25, 0.3) is 0 Å². The fourth-order valence-electron chi connectivity index (χ4n) is 1.86. The molecule has 0 radical (unpaired) electrons. The van der Waals surface area contributed by atoms with E-state index in [0.717, 1.165) is 5.69 Å². The lowest BCUT2D eigenvalue weighted by Gasteiger charge is -2.14. The van der Waals surface area contributed by atoms with Crippen molar-refractivity contribution in [2.45, 2.75) is 46.1 Å². The van der Waals surface area contributed by atoms with E-state index in [1.807, 2.05) is 24.3 Å². The standard InChI is InChI=1S/C16H24N2O3/c1-5-21-15(19)10-12(4)17-16(20)18-14-8-6-13(7-9-14)11(2)3/h6-9,11-12H,5,10H2,1-4H3,(H2,17,18,20). The molecule has 0 aromatic heterocycles. The van der Waals surface area contributed by atoms with Gasteiger partial charge in [-0.3, -0.25) is 4.79 Å². The molecule has 2 N–H and O–H groups in total. The van der Waals surface area contributed by atoms with E-state index in [1.165, 1.54) is 5.56 Å². The summed E-state index contributed by atoms with van der Waals surface area (Å²) in [6.45, 7) is 8.10. The lowest BCUT2D eigenvalue weighted by Crippen LogP contribution is -2.37. The second-order valence-electron chi connectivity index (χ2n) is 5.29. The van der Waals surface area contributed by atoms with Crippen molar-refractivity contribution in [2.24, 2.45) is 0 Å². The maximum atomic E-state index is 11.8. The van der Waals surface area contributed by atoms with Crippen LogP contribution < -0.4 is 10.6 Å². The zero-order chi connectivity index (χ0) is 15.8. The van der Waals surface area contributed by atoms with Gasteiger partial charge in [0, 0.05) is 11.7 Å². The van der Waals surface area contributed by atoms with Crippen LogP contribution in [0, 0.1) is 0 Å². The lowest BCUT2D eigenvalue weighted by atomic mass is 10.0. The Kier molecular flexibility index (Phi) is 6.72. The van der Waals surface area contributed by atoms with Crippen molar-refractivity contribution in [2.75, 3.05) is 11.9 Å². The Hall–Kier alpha value is -2.04. The summed E-state index contributed by atoms with van der Waals surface area (Å²) in [5.41, 5.74) is 1.94. The van der Waals surface area contributed by atoms with E-state index in [-0.39, 0.29) is 24.5 Å². The summed E-state index contributed by atoms with van der Waals surface area (Å²) in [4.78, 5) is 23.1. The third-order valence-corrected chi connectivity index (χ3v) is 2.99. The maximum absolute atomic E-state index is 11.8. The number of esters is 1. The van der Waals surface area contributed by atoms with Crippen molar-refractivity contribution in [1.29, 1.82) is 0 Å². The van der Waals surface area contributed by atoms with Gasteiger partial charge in [-0.05, 0) is 37.5 Å². The van der Waals surface area contributed by atoms with Gasteiger partial charge >= 0.3 is 12.0 Å². The molecule has 1 aromatic rings. The number of urea groups is 1. The molecule has 0 heterocycles. The SMILES string of the molecule is CCOC(=O)CC(C)NC(=O)Nc1ccc(C(C)C)cc1. The number of benzene rings is 1. The van der Waals surface area contributed by atoms with Gasteiger partial charge in [0.2, 0.25) is 0 Å². The van der Waals surface area contributed by atoms with Crippen LogP contribution in [0.4, 0.5) is 10.5 Å². The molecule has 1 rings (SSSR count). The van der Waals surface area contributed by atoms with Crippen LogP contribution in [-0.2, 0) is 9.53 Å². The van der Waals surface area contributed by atoms with Gasteiger partial charge in [0.05, 0.1) is 13.0 Å². The predicted molar refractivity (Wildman–Crippen MR) is 83.4 cm³/mol. The predicted octanol–water partition coefficient (Wildman–Crippen LogP) is 3.27. The fraction of sp³-hybridized carbons (Fsp3) is 0.500. The summed E-state index contributed by atoms with van der Waals surface area (Å²) in [6.07, 6.45) is 0.160. The smallest absolute Gasteiger partial charge is 0.319 e. The number of amides is 2. The molecule has 0 aliphatic rings. The third-order valence-electron chi connectivity index (χ3n) is 2.99. The van der Waals surface area contributed by atoms with Gasteiger partial charge in [-0.25, -0.2) is 4.79 Å². The van der Waals surface area contributed by atoms with Crippen molar-refractivity contribution in [3.05, 3.63) is 29.8 Å². The maximum Gasteiger partial charge on any atom is 0.319 e. The Bertz CT molecular complexity index is 469. The Morgan fingerprint density at radius 1 is 1.14 bits per heavy atom. The van der Waals surface area contributed by atoms with Gasteiger partial charge in [-0.1, -0.05) is 26.0 Å². The molecule has 1 atom stereocenters. The Labute approximate surface area is 126 Å². The van der Waals surface area contributed by atoms with E-state index < -0.39 is 0 Å². The molecule has 0 aliphatic heterocycles. The van der Waals surface area contributed by atoms with Gasteiger partial charge < -0.3 is 15.4 Å². The second kappa shape index (κ2) is 8.29. The molecular weight excluding hydrogens is 268 g/mol. The second-order valence-corrected chi connectivity index (χ2v) is 5.29. The third kappa shape index (κ3) is 6.29. The molecule has 0 fully saturated rings. The van der Waals surface area contributed by atoms with Crippen LogP contribution in [0.3, 0.4) is 0 Å². The van der Waals surface area contributed by atoms with Gasteiger partial charge in [-0.15, -0.1) is 0 Å². The number of rotatable bonds is 6. The normalized spacial score (nSPS) is 11.9. The number of carbonyl (C=O) groups excluding carboxylic acids is 2.